The van der Waals surface area contributed by atoms with Gasteiger partial charge in [0.05, 0.1) is 0 Å². The summed E-state index contributed by atoms with van der Waals surface area (Å²) < 4.78 is 91.4. The first-order chi connectivity index (χ1) is 16.5. The minimum atomic E-state index is -1.53. The molecule has 0 spiro atoms. The second-order valence-electron chi connectivity index (χ2n) is 6.33. The van der Waals surface area contributed by atoms with E-state index in [0.717, 1.165) is 0 Å². The SMILES string of the molecule is C[SiH]1O[SiH](C)O[SiH](C)O[SiH](C)O1.C[SiH]1O[SiH](C)O[SiH](C)O[SiH](C)O[SiH](C)O1.[2HH].[2H][2H].[2H][2H].[2H][2H].[2H][2H].[HH]. The largest absolute Gasteiger partial charge is 0.420 e. The minimum absolute atomic E-state index is 0. The second kappa shape index (κ2) is 13.8. The first-order valence-electron chi connectivity index (χ1n) is 13.4. The quantitative estimate of drug-likeness (QED) is 0.387. The van der Waals surface area contributed by atoms with Crippen LogP contribution in [0.4, 0.5) is 0 Å². The third-order valence-corrected chi connectivity index (χ3v) is 31.0. The summed E-state index contributed by atoms with van der Waals surface area (Å²) in [7, 11) is -13.3. The summed E-state index contributed by atoms with van der Waals surface area (Å²) in [5.74, 6) is 0. The maximum absolute atomic E-state index is 5.76. The van der Waals surface area contributed by atoms with Crippen molar-refractivity contribution in [3.63, 3.8) is 0 Å². The van der Waals surface area contributed by atoms with Gasteiger partial charge in [-0.3, -0.25) is 0 Å². The molecule has 9 nitrogen and oxygen atoms in total. The van der Waals surface area contributed by atoms with Crippen molar-refractivity contribution in [1.29, 1.82) is 0 Å². The molecule has 18 heteroatoms. The molecule has 0 unspecified atom stereocenters. The van der Waals surface area contributed by atoms with Crippen molar-refractivity contribution in [2.45, 2.75) is 58.9 Å². The average Bonchev–Trinajstić information content (AvgIpc) is 2.77. The Balaban J connectivity index is -0.0000000989. The Bertz CT molecular complexity index is 350. The van der Waals surface area contributed by atoms with Crippen LogP contribution in [-0.4, -0.2) is 83.6 Å². The van der Waals surface area contributed by atoms with Crippen molar-refractivity contribution in [2.75, 3.05) is 0 Å². The summed E-state index contributed by atoms with van der Waals surface area (Å²) in [5.41, 5.74) is 0. The van der Waals surface area contributed by atoms with Crippen LogP contribution in [0.1, 0.15) is 14.7 Å². The molecule has 0 atom stereocenters. The fourth-order valence-electron chi connectivity index (χ4n) is 2.72. The van der Waals surface area contributed by atoms with Crippen LogP contribution in [0.5, 0.6) is 0 Å². The second-order valence-corrected chi connectivity index (χ2v) is 26.3. The third-order valence-electron chi connectivity index (χ3n) is 3.45. The number of hydrogen-bond donors (Lipinski definition) is 0. The lowest BCUT2D eigenvalue weighted by Crippen LogP contribution is -2.44. The van der Waals surface area contributed by atoms with E-state index in [1.807, 2.05) is 58.9 Å². The molecule has 0 amide bonds. The molecular formula is C9H48O9Si9. The van der Waals surface area contributed by atoms with Gasteiger partial charge in [-0.2, -0.15) is 0 Å². The summed E-state index contributed by atoms with van der Waals surface area (Å²) >= 11 is 0. The van der Waals surface area contributed by atoms with Crippen LogP contribution in [0.25, 0.3) is 0 Å². The minimum Gasteiger partial charge on any atom is -0.420 e. The average molecular weight is 562 g/mol. The van der Waals surface area contributed by atoms with E-state index in [9.17, 15) is 0 Å². The van der Waals surface area contributed by atoms with Crippen LogP contribution >= 0.6 is 0 Å². The van der Waals surface area contributed by atoms with E-state index >= 15 is 0 Å². The van der Waals surface area contributed by atoms with E-state index in [1.54, 1.807) is 0 Å². The molecule has 0 saturated carbocycles. The summed E-state index contributed by atoms with van der Waals surface area (Å²) in [6, 6.07) is 0. The standard InChI is InChI=1S/C5H20O5Si5.C4H16O4Si4.6H2/c1-11-6-12(2)8-14(4)10-15(5)9-13(3)7-11;1-9-5-10(2)7-12(4)8-11(3)6-9;;;;;;/h11-15H,1-5H3;9-12H,1-4H3;6*1H/i;;4*1+1D;1+1;. The normalized spacial score (nSPS) is 46.2. The highest BCUT2D eigenvalue weighted by molar-refractivity contribution is 6.73. The molecule has 2 saturated heterocycles. The van der Waals surface area contributed by atoms with Gasteiger partial charge in [-0.1, -0.05) is 0 Å². The van der Waals surface area contributed by atoms with Crippen LogP contribution in [-0.2, 0) is 37.0 Å². The van der Waals surface area contributed by atoms with E-state index in [1.165, 1.54) is 0 Å². The van der Waals surface area contributed by atoms with Crippen molar-refractivity contribution in [1.82, 2.24) is 0 Å². The lowest BCUT2D eigenvalue weighted by atomic mass is 11.9. The van der Waals surface area contributed by atoms with E-state index in [4.69, 9.17) is 48.9 Å². The van der Waals surface area contributed by atoms with E-state index in [2.05, 4.69) is 0 Å². The molecule has 2 fully saturated rings. The van der Waals surface area contributed by atoms with Crippen LogP contribution in [0, 0.1) is 0 Å². The first kappa shape index (κ1) is 20.5. The molecule has 0 bridgehead atoms. The molecule has 0 aromatic heterocycles. The Labute approximate surface area is 194 Å². The van der Waals surface area contributed by atoms with Crippen molar-refractivity contribution in [3.8, 4) is 0 Å². The molecule has 0 radical (unpaired) electrons. The predicted molar refractivity (Wildman–Crippen MR) is 140 cm³/mol. The van der Waals surface area contributed by atoms with E-state index in [0.29, 0.717) is 0 Å². The zero-order chi connectivity index (χ0) is 28.6. The molecule has 2 aliphatic heterocycles. The summed E-state index contributed by atoms with van der Waals surface area (Å²) in [6.07, 6.45) is 0. The zero-order valence-electron chi connectivity index (χ0n) is 25.9. The van der Waals surface area contributed by atoms with Gasteiger partial charge in [-0.05, 0) is 58.9 Å². The van der Waals surface area contributed by atoms with Gasteiger partial charge in [-0.15, -0.1) is 0 Å². The lowest BCUT2D eigenvalue weighted by molar-refractivity contribution is 0.293. The van der Waals surface area contributed by atoms with Crippen molar-refractivity contribution in [2.24, 2.45) is 0 Å². The Morgan fingerprint density at radius 3 is 0.481 bits per heavy atom. The fraction of sp³-hybridized carbons (Fsp3) is 1.00. The maximum Gasteiger partial charge on any atom is 0.300 e. The van der Waals surface area contributed by atoms with Gasteiger partial charge in [0.1, 0.15) is 0 Å². The van der Waals surface area contributed by atoms with Crippen LogP contribution < -0.4 is 0 Å². The summed E-state index contributed by atoms with van der Waals surface area (Å²) in [6.45, 7) is 18.4. The summed E-state index contributed by atoms with van der Waals surface area (Å²) in [5, 5.41) is 0. The molecular weight excluding hydrogens is 505 g/mol. The molecule has 2 rings (SSSR count). The topological polar surface area (TPSA) is 83.1 Å². The van der Waals surface area contributed by atoms with Crippen molar-refractivity contribution in [3.05, 3.63) is 0 Å². The van der Waals surface area contributed by atoms with Crippen LogP contribution in [0.2, 0.25) is 58.9 Å². The highest BCUT2D eigenvalue weighted by atomic mass is 28.5. The van der Waals surface area contributed by atoms with Gasteiger partial charge in [0.15, 0.2) is 0 Å². The van der Waals surface area contributed by atoms with Gasteiger partial charge in [0.25, 0.3) is 83.6 Å². The van der Waals surface area contributed by atoms with Gasteiger partial charge in [0, 0.05) is 14.7 Å². The first-order valence-corrected chi connectivity index (χ1v) is 28.3. The highest BCUT2D eigenvalue weighted by Crippen LogP contribution is 2.07. The molecule has 0 N–H and O–H groups in total. The monoisotopic (exact) mass is 561 g/mol. The number of rotatable bonds is 0. The number of hydrogen-bond acceptors (Lipinski definition) is 9. The molecule has 0 aromatic rings. The molecule has 2 heterocycles. The lowest BCUT2D eigenvalue weighted by Gasteiger charge is -2.29. The van der Waals surface area contributed by atoms with Crippen molar-refractivity contribution >= 4 is 83.6 Å². The smallest absolute Gasteiger partial charge is 0.300 e. The molecule has 174 valence electrons. The summed E-state index contributed by atoms with van der Waals surface area (Å²) in [4.78, 5) is 0. The van der Waals surface area contributed by atoms with Crippen LogP contribution in [0.3, 0.4) is 0 Å². The Morgan fingerprint density at radius 2 is 0.407 bits per heavy atom. The van der Waals surface area contributed by atoms with Gasteiger partial charge in [0.2, 0.25) is 0 Å². The molecule has 0 aromatic carbocycles. The van der Waals surface area contributed by atoms with Gasteiger partial charge >= 0.3 is 0 Å². The Kier molecular flexibility index (Phi) is 10.5. The van der Waals surface area contributed by atoms with Crippen LogP contribution in [0.15, 0.2) is 0 Å². The fourth-order valence-corrected chi connectivity index (χ4v) is 29.7. The Morgan fingerprint density at radius 1 is 0.333 bits per heavy atom. The highest BCUT2D eigenvalue weighted by Gasteiger charge is 2.26. The van der Waals surface area contributed by atoms with Gasteiger partial charge < -0.3 is 37.0 Å². The Hall–Kier alpha value is 1.59. The van der Waals surface area contributed by atoms with E-state index < -0.39 is 83.6 Å². The van der Waals surface area contributed by atoms with E-state index in [-0.39, 0.29) is 2.85 Å². The zero-order valence-corrected chi connectivity index (χ0v) is 28.3. The third kappa shape index (κ3) is 12.8. The molecule has 27 heavy (non-hydrogen) atoms. The predicted octanol–water partition coefficient (Wildman–Crippen LogP) is 0.278. The van der Waals surface area contributed by atoms with Crippen molar-refractivity contribution < 1.29 is 51.8 Å². The molecule has 2 aliphatic rings. The maximum atomic E-state index is 5.76. The molecule has 0 aliphatic carbocycles. The van der Waals surface area contributed by atoms with Gasteiger partial charge in [-0.25, -0.2) is 0 Å².